The predicted molar refractivity (Wildman–Crippen MR) is 134 cm³/mol. The molecule has 1 atom stereocenters. The van der Waals surface area contributed by atoms with Gasteiger partial charge in [0.25, 0.3) is 11.8 Å². The van der Waals surface area contributed by atoms with Gasteiger partial charge in [-0.05, 0) is 30.3 Å². The topological polar surface area (TPSA) is 100 Å². The molecule has 0 saturated heterocycles. The first-order valence-corrected chi connectivity index (χ1v) is 12.3. The summed E-state index contributed by atoms with van der Waals surface area (Å²) in [5.41, 5.74) is 3.04. The van der Waals surface area contributed by atoms with Gasteiger partial charge in [-0.3, -0.25) is 24.0 Å². The molecule has 1 unspecified atom stereocenters. The van der Waals surface area contributed by atoms with Gasteiger partial charge in [0.15, 0.2) is 0 Å². The van der Waals surface area contributed by atoms with Gasteiger partial charge >= 0.3 is 0 Å². The summed E-state index contributed by atoms with van der Waals surface area (Å²) in [4.78, 5) is 47.4. The molecule has 2 aliphatic heterocycles. The molecule has 0 saturated carbocycles. The molecule has 1 N–H and O–H groups in total. The molecule has 3 amide bonds. The SMILES string of the molecule is CNC(=O)C1CN(Cc2ccccn2)C(=O)c2c3c(nn2C1)CCN(C(=O)c1ccc(Cl)c(Cl)c1)C3. The molecule has 186 valence electrons. The number of aromatic nitrogens is 3. The molecule has 0 radical (unpaired) electrons. The van der Waals surface area contributed by atoms with E-state index >= 15 is 0 Å². The monoisotopic (exact) mass is 526 g/mol. The maximum Gasteiger partial charge on any atom is 0.272 e. The van der Waals surface area contributed by atoms with Crippen molar-refractivity contribution in [3.63, 3.8) is 0 Å². The molecule has 2 aliphatic rings. The Bertz CT molecular complexity index is 1340. The molecule has 9 nitrogen and oxygen atoms in total. The van der Waals surface area contributed by atoms with Gasteiger partial charge in [0.1, 0.15) is 5.69 Å². The van der Waals surface area contributed by atoms with Crippen molar-refractivity contribution in [1.29, 1.82) is 0 Å². The van der Waals surface area contributed by atoms with E-state index in [0.717, 1.165) is 11.4 Å². The summed E-state index contributed by atoms with van der Waals surface area (Å²) < 4.78 is 1.64. The van der Waals surface area contributed by atoms with E-state index in [4.69, 9.17) is 28.3 Å². The van der Waals surface area contributed by atoms with Crippen LogP contribution in [0.15, 0.2) is 42.6 Å². The van der Waals surface area contributed by atoms with Gasteiger partial charge in [-0.2, -0.15) is 5.10 Å². The average molecular weight is 527 g/mol. The molecule has 2 aromatic heterocycles. The smallest absolute Gasteiger partial charge is 0.272 e. The Morgan fingerprint density at radius 2 is 1.97 bits per heavy atom. The molecule has 1 aromatic carbocycles. The Labute approximate surface area is 218 Å². The fourth-order valence-corrected chi connectivity index (χ4v) is 5.04. The lowest BCUT2D eigenvalue weighted by atomic mass is 10.0. The minimum atomic E-state index is -0.473. The van der Waals surface area contributed by atoms with Crippen LogP contribution in [0.2, 0.25) is 10.0 Å². The Balaban J connectivity index is 1.48. The van der Waals surface area contributed by atoms with Gasteiger partial charge < -0.3 is 15.1 Å². The van der Waals surface area contributed by atoms with E-state index in [0.29, 0.717) is 39.8 Å². The van der Waals surface area contributed by atoms with Crippen molar-refractivity contribution in [2.24, 2.45) is 5.92 Å². The fraction of sp³-hybridized carbons (Fsp3) is 0.320. The number of hydrogen-bond acceptors (Lipinski definition) is 5. The summed E-state index contributed by atoms with van der Waals surface area (Å²) in [6.07, 6.45) is 2.17. The number of hydrogen-bond donors (Lipinski definition) is 1. The minimum absolute atomic E-state index is 0.161. The van der Waals surface area contributed by atoms with Crippen LogP contribution in [0.4, 0.5) is 0 Å². The zero-order chi connectivity index (χ0) is 25.4. The van der Waals surface area contributed by atoms with Crippen molar-refractivity contribution in [2.75, 3.05) is 20.1 Å². The number of nitrogens with one attached hydrogen (secondary N) is 1. The molecule has 0 fully saturated rings. The molecule has 5 rings (SSSR count). The lowest BCUT2D eigenvalue weighted by molar-refractivity contribution is -0.125. The van der Waals surface area contributed by atoms with Crippen molar-refractivity contribution in [1.82, 2.24) is 29.9 Å². The van der Waals surface area contributed by atoms with Crippen molar-refractivity contribution in [3.05, 3.63) is 80.8 Å². The zero-order valence-corrected chi connectivity index (χ0v) is 21.1. The van der Waals surface area contributed by atoms with Crippen LogP contribution in [0.3, 0.4) is 0 Å². The number of carbonyl (C=O) groups excluding carboxylic acids is 3. The van der Waals surface area contributed by atoms with Crippen LogP contribution >= 0.6 is 23.2 Å². The summed E-state index contributed by atoms with van der Waals surface area (Å²) >= 11 is 12.1. The molecule has 0 aliphatic carbocycles. The maximum absolute atomic E-state index is 13.8. The quantitative estimate of drug-likeness (QED) is 0.563. The van der Waals surface area contributed by atoms with Crippen molar-refractivity contribution < 1.29 is 14.4 Å². The van der Waals surface area contributed by atoms with Gasteiger partial charge in [-0.15, -0.1) is 0 Å². The van der Waals surface area contributed by atoms with Crippen LogP contribution in [0.1, 0.15) is 37.8 Å². The van der Waals surface area contributed by atoms with E-state index in [1.54, 1.807) is 45.9 Å². The van der Waals surface area contributed by atoms with Gasteiger partial charge in [0, 0.05) is 43.9 Å². The van der Waals surface area contributed by atoms with Crippen LogP contribution in [-0.4, -0.2) is 62.4 Å². The van der Waals surface area contributed by atoms with E-state index < -0.39 is 5.92 Å². The molecule has 0 spiro atoms. The van der Waals surface area contributed by atoms with Crippen molar-refractivity contribution in [2.45, 2.75) is 26.1 Å². The summed E-state index contributed by atoms with van der Waals surface area (Å²) in [6, 6.07) is 10.3. The highest BCUT2D eigenvalue weighted by atomic mass is 35.5. The Morgan fingerprint density at radius 3 is 2.69 bits per heavy atom. The number of carbonyl (C=O) groups is 3. The Morgan fingerprint density at radius 1 is 1.14 bits per heavy atom. The van der Waals surface area contributed by atoms with Gasteiger partial charge in [0.2, 0.25) is 5.91 Å². The van der Waals surface area contributed by atoms with Crippen molar-refractivity contribution in [3.8, 4) is 0 Å². The third kappa shape index (κ3) is 4.56. The Kier molecular flexibility index (Phi) is 6.68. The highest BCUT2D eigenvalue weighted by molar-refractivity contribution is 6.42. The maximum atomic E-state index is 13.8. The number of rotatable bonds is 4. The molecule has 3 aromatic rings. The van der Waals surface area contributed by atoms with Crippen LogP contribution < -0.4 is 5.32 Å². The first kappa shape index (κ1) is 24.3. The number of nitrogens with zero attached hydrogens (tertiary/aromatic N) is 5. The second kappa shape index (κ2) is 9.91. The minimum Gasteiger partial charge on any atom is -0.359 e. The first-order valence-electron chi connectivity index (χ1n) is 11.6. The van der Waals surface area contributed by atoms with Crippen LogP contribution in [0.25, 0.3) is 0 Å². The number of amides is 3. The molecular weight excluding hydrogens is 503 g/mol. The first-order chi connectivity index (χ1) is 17.4. The van der Waals surface area contributed by atoms with Crippen LogP contribution in [0, 0.1) is 5.92 Å². The van der Waals surface area contributed by atoms with E-state index in [-0.39, 0.29) is 43.9 Å². The second-order valence-electron chi connectivity index (χ2n) is 8.88. The van der Waals surface area contributed by atoms with E-state index in [1.165, 1.54) is 0 Å². The van der Waals surface area contributed by atoms with E-state index in [2.05, 4.69) is 10.3 Å². The van der Waals surface area contributed by atoms with Crippen molar-refractivity contribution >= 4 is 40.9 Å². The normalized spacial score (nSPS) is 17.3. The molecule has 11 heteroatoms. The van der Waals surface area contributed by atoms with Crippen LogP contribution in [0.5, 0.6) is 0 Å². The van der Waals surface area contributed by atoms with Crippen LogP contribution in [-0.2, 0) is 30.8 Å². The lowest BCUT2D eigenvalue weighted by Gasteiger charge is -2.28. The summed E-state index contributed by atoms with van der Waals surface area (Å²) in [5.74, 6) is -1.07. The number of halogens is 2. The highest BCUT2D eigenvalue weighted by Gasteiger charge is 2.37. The largest absolute Gasteiger partial charge is 0.359 e. The fourth-order valence-electron chi connectivity index (χ4n) is 4.74. The summed E-state index contributed by atoms with van der Waals surface area (Å²) in [6.45, 7) is 1.45. The summed E-state index contributed by atoms with van der Waals surface area (Å²) in [7, 11) is 1.58. The second-order valence-corrected chi connectivity index (χ2v) is 9.69. The molecular formula is C25H24Cl2N6O3. The third-order valence-electron chi connectivity index (χ3n) is 6.58. The number of fused-ring (bicyclic) bond motifs is 3. The Hall–Kier alpha value is -3.43. The van der Waals surface area contributed by atoms with Gasteiger partial charge in [-0.25, -0.2) is 0 Å². The van der Waals surface area contributed by atoms with Gasteiger partial charge in [-0.1, -0.05) is 29.3 Å². The molecule has 4 heterocycles. The standard InChI is InChI=1S/C25H24Cl2N6O3/c1-28-23(34)16-11-32(13-17-4-2-3-8-29-17)25(36)22-18-14-31(9-7-21(18)30-33(22)12-16)24(35)15-5-6-19(26)20(27)10-15/h2-6,8,10,16H,7,9,11-14H2,1H3,(H,28,34). The highest BCUT2D eigenvalue weighted by Crippen LogP contribution is 2.29. The summed E-state index contributed by atoms with van der Waals surface area (Å²) in [5, 5.41) is 8.08. The predicted octanol–water partition coefficient (Wildman–Crippen LogP) is 2.80. The molecule has 0 bridgehead atoms. The molecule has 36 heavy (non-hydrogen) atoms. The average Bonchev–Trinajstić information content (AvgIpc) is 3.19. The number of benzene rings is 1. The lowest BCUT2D eigenvalue weighted by Crippen LogP contribution is -2.40. The zero-order valence-electron chi connectivity index (χ0n) is 19.6. The third-order valence-corrected chi connectivity index (χ3v) is 7.31. The number of pyridine rings is 1. The van der Waals surface area contributed by atoms with E-state index in [9.17, 15) is 14.4 Å². The van der Waals surface area contributed by atoms with Gasteiger partial charge in [0.05, 0.1) is 47.0 Å². The van der Waals surface area contributed by atoms with E-state index in [1.807, 2.05) is 18.2 Å².